The van der Waals surface area contributed by atoms with Crippen LogP contribution in [0.25, 0.3) is 0 Å². The van der Waals surface area contributed by atoms with E-state index >= 15 is 0 Å². The molecule has 2 aromatic rings. The third-order valence-corrected chi connectivity index (χ3v) is 4.56. The van der Waals surface area contributed by atoms with Gasteiger partial charge in [0.1, 0.15) is 11.6 Å². The van der Waals surface area contributed by atoms with Crippen LogP contribution < -0.4 is 5.32 Å². The Morgan fingerprint density at radius 1 is 1.41 bits per heavy atom. The summed E-state index contributed by atoms with van der Waals surface area (Å²) in [6.45, 7) is 3.81. The van der Waals surface area contributed by atoms with E-state index in [1.807, 2.05) is 18.4 Å². The maximum absolute atomic E-state index is 9.27. The van der Waals surface area contributed by atoms with Crippen LogP contribution in [0.4, 0.5) is 10.9 Å². The lowest BCUT2D eigenvalue weighted by Crippen LogP contribution is -2.36. The molecule has 118 valence electrons. The van der Waals surface area contributed by atoms with Gasteiger partial charge in [0.2, 0.25) is 0 Å². The molecule has 0 aliphatic carbocycles. The highest BCUT2D eigenvalue weighted by Gasteiger charge is 2.25. The van der Waals surface area contributed by atoms with Crippen molar-refractivity contribution >= 4 is 22.3 Å². The zero-order chi connectivity index (χ0) is 15.4. The third kappa shape index (κ3) is 3.60. The molecule has 0 bridgehead atoms. The lowest BCUT2D eigenvalue weighted by molar-refractivity contribution is 0.114. The highest BCUT2D eigenvalue weighted by atomic mass is 32.1. The van der Waals surface area contributed by atoms with E-state index in [9.17, 15) is 5.11 Å². The summed E-state index contributed by atoms with van der Waals surface area (Å²) in [4.78, 5) is 15.6. The van der Waals surface area contributed by atoms with E-state index in [1.165, 1.54) is 12.8 Å². The van der Waals surface area contributed by atoms with E-state index in [1.54, 1.807) is 17.5 Å². The number of aryl methyl sites for hydroxylation is 1. The summed E-state index contributed by atoms with van der Waals surface area (Å²) in [6, 6.07) is 2.27. The molecule has 22 heavy (non-hydrogen) atoms. The second-order valence-corrected chi connectivity index (χ2v) is 6.35. The molecule has 3 rings (SSSR count). The van der Waals surface area contributed by atoms with Gasteiger partial charge in [0.15, 0.2) is 5.13 Å². The summed E-state index contributed by atoms with van der Waals surface area (Å²) in [5.41, 5.74) is 1.03. The summed E-state index contributed by atoms with van der Waals surface area (Å²) in [7, 11) is 0. The number of piperidine rings is 1. The fourth-order valence-corrected chi connectivity index (χ4v) is 3.48. The normalized spacial score (nSPS) is 19.3. The van der Waals surface area contributed by atoms with Crippen molar-refractivity contribution in [2.24, 2.45) is 0 Å². The molecule has 2 aromatic heterocycles. The molecule has 1 fully saturated rings. The minimum atomic E-state index is 0.185. The lowest BCUT2D eigenvalue weighted by Gasteiger charge is -2.35. The van der Waals surface area contributed by atoms with Crippen LogP contribution in [0.1, 0.15) is 36.8 Å². The summed E-state index contributed by atoms with van der Waals surface area (Å²) in [5.74, 6) is 1.54. The molecule has 0 saturated carbocycles. The Balaban J connectivity index is 1.84. The first-order valence-corrected chi connectivity index (χ1v) is 8.51. The Hall–Kier alpha value is -1.57. The van der Waals surface area contributed by atoms with Crippen molar-refractivity contribution in [3.63, 3.8) is 0 Å². The van der Waals surface area contributed by atoms with E-state index < -0.39 is 0 Å². The van der Waals surface area contributed by atoms with Gasteiger partial charge in [-0.3, -0.25) is 4.90 Å². The van der Waals surface area contributed by atoms with E-state index in [0.29, 0.717) is 6.54 Å². The zero-order valence-corrected chi connectivity index (χ0v) is 13.5. The summed E-state index contributed by atoms with van der Waals surface area (Å²) in [5, 5.41) is 15.3. The SMILES string of the molecule is Cc1nc(Nc2nccs2)cc([C@@H]2CCCCN2CCO)n1. The van der Waals surface area contributed by atoms with Crippen LogP contribution in [0.3, 0.4) is 0 Å². The molecular weight excluding hydrogens is 298 g/mol. The Kier molecular flexibility index (Phi) is 4.97. The number of nitrogens with zero attached hydrogens (tertiary/aromatic N) is 4. The van der Waals surface area contributed by atoms with E-state index in [4.69, 9.17) is 0 Å². The number of β-amino-alcohol motifs (C(OH)–C–C–N with tert-alkyl or cyclic N) is 1. The van der Waals surface area contributed by atoms with Crippen LogP contribution in [0.15, 0.2) is 17.6 Å². The maximum Gasteiger partial charge on any atom is 0.188 e. The van der Waals surface area contributed by atoms with Crippen molar-refractivity contribution in [2.45, 2.75) is 32.2 Å². The molecule has 1 saturated heterocycles. The molecule has 2 N–H and O–H groups in total. The number of likely N-dealkylation sites (tertiary alicyclic amines) is 1. The predicted molar refractivity (Wildman–Crippen MR) is 87.4 cm³/mol. The number of hydrogen-bond acceptors (Lipinski definition) is 7. The van der Waals surface area contributed by atoms with E-state index in [2.05, 4.69) is 25.2 Å². The average molecular weight is 319 g/mol. The zero-order valence-electron chi connectivity index (χ0n) is 12.7. The first-order chi connectivity index (χ1) is 10.8. The molecule has 0 amide bonds. The highest BCUT2D eigenvalue weighted by molar-refractivity contribution is 7.13. The van der Waals surface area contributed by atoms with Crippen molar-refractivity contribution < 1.29 is 5.11 Å². The Morgan fingerprint density at radius 2 is 2.32 bits per heavy atom. The summed E-state index contributed by atoms with van der Waals surface area (Å²) in [6.07, 6.45) is 5.23. The number of nitrogens with one attached hydrogen (secondary N) is 1. The van der Waals surface area contributed by atoms with Crippen LogP contribution in [0.2, 0.25) is 0 Å². The summed E-state index contributed by atoms with van der Waals surface area (Å²) < 4.78 is 0. The largest absolute Gasteiger partial charge is 0.395 e. The highest BCUT2D eigenvalue weighted by Crippen LogP contribution is 2.31. The van der Waals surface area contributed by atoms with Crippen LogP contribution >= 0.6 is 11.3 Å². The molecule has 6 nitrogen and oxygen atoms in total. The fourth-order valence-electron chi connectivity index (χ4n) is 2.94. The number of rotatable bonds is 5. The third-order valence-electron chi connectivity index (χ3n) is 3.87. The molecular formula is C15H21N5OS. The second-order valence-electron chi connectivity index (χ2n) is 5.46. The predicted octanol–water partition coefficient (Wildman–Crippen LogP) is 2.50. The number of thiazole rings is 1. The van der Waals surface area contributed by atoms with Crippen LogP contribution in [0.5, 0.6) is 0 Å². The van der Waals surface area contributed by atoms with Gasteiger partial charge in [-0.25, -0.2) is 15.0 Å². The van der Waals surface area contributed by atoms with Gasteiger partial charge in [0.25, 0.3) is 0 Å². The molecule has 1 aliphatic rings. The van der Waals surface area contributed by atoms with Crippen molar-refractivity contribution in [3.05, 3.63) is 29.2 Å². The molecule has 0 aromatic carbocycles. The van der Waals surface area contributed by atoms with Gasteiger partial charge >= 0.3 is 0 Å². The van der Waals surface area contributed by atoms with Crippen LogP contribution in [0, 0.1) is 6.92 Å². The van der Waals surface area contributed by atoms with Crippen molar-refractivity contribution in [1.82, 2.24) is 19.9 Å². The minimum Gasteiger partial charge on any atom is -0.395 e. The fraction of sp³-hybridized carbons (Fsp3) is 0.533. The van der Waals surface area contributed by atoms with Gasteiger partial charge in [-0.05, 0) is 26.3 Å². The average Bonchev–Trinajstić information content (AvgIpc) is 3.00. The van der Waals surface area contributed by atoms with Crippen molar-refractivity contribution in [2.75, 3.05) is 25.0 Å². The van der Waals surface area contributed by atoms with Crippen molar-refractivity contribution in [1.29, 1.82) is 0 Å². The van der Waals surface area contributed by atoms with Gasteiger partial charge in [-0.15, -0.1) is 11.3 Å². The topological polar surface area (TPSA) is 74.2 Å². The van der Waals surface area contributed by atoms with Gasteiger partial charge in [0.05, 0.1) is 18.3 Å². The smallest absolute Gasteiger partial charge is 0.188 e. The van der Waals surface area contributed by atoms with E-state index in [-0.39, 0.29) is 12.6 Å². The first kappa shape index (κ1) is 15.3. The van der Waals surface area contributed by atoms with Gasteiger partial charge in [-0.2, -0.15) is 0 Å². The van der Waals surface area contributed by atoms with Gasteiger partial charge in [-0.1, -0.05) is 6.42 Å². The standard InChI is InChI=1S/C15H21N5OS/c1-11-17-12(13-4-2-3-6-20(13)7-8-21)10-14(18-11)19-15-16-5-9-22-15/h5,9-10,13,21H,2-4,6-8H2,1H3,(H,16,17,18,19)/t13-/m0/s1. The van der Waals surface area contributed by atoms with Gasteiger partial charge < -0.3 is 10.4 Å². The number of hydrogen-bond donors (Lipinski definition) is 2. The molecule has 0 unspecified atom stereocenters. The number of anilines is 2. The number of aliphatic hydroxyl groups is 1. The van der Waals surface area contributed by atoms with Crippen LogP contribution in [-0.4, -0.2) is 44.7 Å². The maximum atomic E-state index is 9.27. The second kappa shape index (κ2) is 7.13. The monoisotopic (exact) mass is 319 g/mol. The first-order valence-electron chi connectivity index (χ1n) is 7.63. The Morgan fingerprint density at radius 3 is 3.09 bits per heavy atom. The molecule has 0 spiro atoms. The molecule has 1 aliphatic heterocycles. The number of aromatic nitrogens is 3. The quantitative estimate of drug-likeness (QED) is 0.882. The Bertz CT molecular complexity index is 602. The van der Waals surface area contributed by atoms with Gasteiger partial charge in [0, 0.05) is 24.2 Å². The molecule has 0 radical (unpaired) electrons. The Labute approximate surface area is 134 Å². The lowest BCUT2D eigenvalue weighted by atomic mass is 9.99. The van der Waals surface area contributed by atoms with Crippen LogP contribution in [-0.2, 0) is 0 Å². The molecule has 7 heteroatoms. The number of aliphatic hydroxyl groups excluding tert-OH is 1. The van der Waals surface area contributed by atoms with Crippen molar-refractivity contribution in [3.8, 4) is 0 Å². The molecule has 1 atom stereocenters. The van der Waals surface area contributed by atoms with E-state index in [0.717, 1.165) is 35.4 Å². The molecule has 3 heterocycles. The minimum absolute atomic E-state index is 0.185. The summed E-state index contributed by atoms with van der Waals surface area (Å²) >= 11 is 1.55.